The van der Waals surface area contributed by atoms with Gasteiger partial charge in [-0.15, -0.1) is 0 Å². The molecule has 5 rings (SSSR count). The maximum atomic E-state index is 13.4. The third-order valence-corrected chi connectivity index (χ3v) is 6.66. The number of rotatable bonds is 5. The molecule has 0 spiro atoms. The van der Waals surface area contributed by atoms with Crippen LogP contribution < -0.4 is 14.5 Å². The Morgan fingerprint density at radius 1 is 0.882 bits per heavy atom. The van der Waals surface area contributed by atoms with Crippen molar-refractivity contribution in [2.75, 3.05) is 49.1 Å². The van der Waals surface area contributed by atoms with E-state index in [2.05, 4.69) is 44.0 Å². The number of aryl methyl sites for hydroxylation is 1. The van der Waals surface area contributed by atoms with E-state index in [4.69, 9.17) is 4.74 Å². The third kappa shape index (κ3) is 4.98. The van der Waals surface area contributed by atoms with E-state index < -0.39 is 0 Å². The molecule has 2 saturated heterocycles. The minimum absolute atomic E-state index is 0.0359. The van der Waals surface area contributed by atoms with Crippen LogP contribution in [0, 0.1) is 12.8 Å². The highest BCUT2D eigenvalue weighted by Crippen LogP contribution is 2.31. The standard InChI is InChI=1S/C27H31N5O2/c1-21-9-11-24(12-10-21)34-26-25(28-13-14-29-26)32-15-5-6-22(20-32)27(33)31-18-16-30(17-19-31)23-7-3-2-4-8-23/h2-4,7-14,22H,5-6,15-20H2,1H3. The maximum absolute atomic E-state index is 13.4. The van der Waals surface area contributed by atoms with E-state index >= 15 is 0 Å². The van der Waals surface area contributed by atoms with Crippen molar-refractivity contribution in [3.8, 4) is 11.6 Å². The van der Waals surface area contributed by atoms with Gasteiger partial charge in [0.05, 0.1) is 5.92 Å². The van der Waals surface area contributed by atoms with Crippen molar-refractivity contribution in [2.45, 2.75) is 19.8 Å². The molecule has 1 atom stereocenters. The zero-order valence-corrected chi connectivity index (χ0v) is 19.6. The minimum atomic E-state index is -0.0359. The number of benzene rings is 2. The van der Waals surface area contributed by atoms with E-state index in [9.17, 15) is 4.79 Å². The number of piperidine rings is 1. The molecule has 7 heteroatoms. The van der Waals surface area contributed by atoms with Gasteiger partial charge in [-0.2, -0.15) is 0 Å². The van der Waals surface area contributed by atoms with Gasteiger partial charge >= 0.3 is 0 Å². The van der Waals surface area contributed by atoms with Gasteiger partial charge in [-0.1, -0.05) is 35.9 Å². The largest absolute Gasteiger partial charge is 0.436 e. The van der Waals surface area contributed by atoms with Crippen LogP contribution in [0.5, 0.6) is 11.6 Å². The van der Waals surface area contributed by atoms with Crippen LogP contribution in [0.15, 0.2) is 67.0 Å². The first-order valence-corrected chi connectivity index (χ1v) is 12.1. The normalized spacial score (nSPS) is 18.6. The van der Waals surface area contributed by atoms with Gasteiger partial charge in [0.25, 0.3) is 5.88 Å². The molecule has 2 fully saturated rings. The number of aromatic nitrogens is 2. The van der Waals surface area contributed by atoms with Gasteiger partial charge in [0.2, 0.25) is 5.91 Å². The second-order valence-corrected chi connectivity index (χ2v) is 9.03. The Kier molecular flexibility index (Phi) is 6.60. The van der Waals surface area contributed by atoms with E-state index in [-0.39, 0.29) is 11.8 Å². The van der Waals surface area contributed by atoms with Crippen molar-refractivity contribution in [2.24, 2.45) is 5.92 Å². The Bertz CT molecular complexity index is 1100. The minimum Gasteiger partial charge on any atom is -0.436 e. The highest BCUT2D eigenvalue weighted by Gasteiger charge is 2.32. The summed E-state index contributed by atoms with van der Waals surface area (Å²) >= 11 is 0. The summed E-state index contributed by atoms with van der Waals surface area (Å²) in [6, 6.07) is 18.3. The van der Waals surface area contributed by atoms with Gasteiger partial charge in [-0.3, -0.25) is 4.79 Å². The van der Waals surface area contributed by atoms with Crippen LogP contribution in [-0.2, 0) is 4.79 Å². The third-order valence-electron chi connectivity index (χ3n) is 6.66. The summed E-state index contributed by atoms with van der Waals surface area (Å²) < 4.78 is 6.07. The van der Waals surface area contributed by atoms with Crippen molar-refractivity contribution >= 4 is 17.4 Å². The van der Waals surface area contributed by atoms with Crippen molar-refractivity contribution in [3.63, 3.8) is 0 Å². The summed E-state index contributed by atoms with van der Waals surface area (Å²) in [7, 11) is 0. The number of amides is 1. The van der Waals surface area contributed by atoms with Crippen molar-refractivity contribution in [1.82, 2.24) is 14.9 Å². The molecule has 7 nitrogen and oxygen atoms in total. The number of carbonyl (C=O) groups excluding carboxylic acids is 1. The molecule has 0 aliphatic carbocycles. The number of carbonyl (C=O) groups is 1. The van der Waals surface area contributed by atoms with Crippen LogP contribution in [0.2, 0.25) is 0 Å². The molecule has 2 aromatic carbocycles. The Labute approximate surface area is 201 Å². The first-order chi connectivity index (χ1) is 16.7. The highest BCUT2D eigenvalue weighted by atomic mass is 16.5. The lowest BCUT2D eigenvalue weighted by atomic mass is 9.96. The van der Waals surface area contributed by atoms with Gasteiger partial charge in [0, 0.05) is 57.3 Å². The fourth-order valence-electron chi connectivity index (χ4n) is 4.78. The summed E-state index contributed by atoms with van der Waals surface area (Å²) in [5, 5.41) is 0. The summed E-state index contributed by atoms with van der Waals surface area (Å²) in [5.41, 5.74) is 2.40. The zero-order valence-electron chi connectivity index (χ0n) is 19.6. The molecule has 0 saturated carbocycles. The molecule has 0 bridgehead atoms. The summed E-state index contributed by atoms with van der Waals surface area (Å²) in [5.74, 6) is 2.13. The number of nitrogens with zero attached hydrogens (tertiary/aromatic N) is 5. The average Bonchev–Trinajstić information content (AvgIpc) is 2.90. The van der Waals surface area contributed by atoms with Crippen LogP contribution >= 0.6 is 0 Å². The summed E-state index contributed by atoms with van der Waals surface area (Å²) in [4.78, 5) is 29.0. The molecule has 3 aromatic rings. The lowest BCUT2D eigenvalue weighted by molar-refractivity contribution is -0.136. The van der Waals surface area contributed by atoms with E-state index in [1.165, 1.54) is 11.3 Å². The Morgan fingerprint density at radius 2 is 1.62 bits per heavy atom. The Hall–Kier alpha value is -3.61. The van der Waals surface area contributed by atoms with Gasteiger partial charge < -0.3 is 19.4 Å². The quantitative estimate of drug-likeness (QED) is 0.574. The van der Waals surface area contributed by atoms with Crippen LogP contribution in [0.4, 0.5) is 11.5 Å². The molecule has 1 unspecified atom stereocenters. The van der Waals surface area contributed by atoms with E-state index in [1.54, 1.807) is 12.4 Å². The monoisotopic (exact) mass is 457 g/mol. The lowest BCUT2D eigenvalue weighted by Crippen LogP contribution is -2.52. The van der Waals surface area contributed by atoms with E-state index in [1.807, 2.05) is 42.2 Å². The molecule has 34 heavy (non-hydrogen) atoms. The van der Waals surface area contributed by atoms with Crippen LogP contribution in [0.1, 0.15) is 18.4 Å². The first kappa shape index (κ1) is 22.2. The molecule has 0 radical (unpaired) electrons. The maximum Gasteiger partial charge on any atom is 0.263 e. The SMILES string of the molecule is Cc1ccc(Oc2nccnc2N2CCCC(C(=O)N3CCN(c4ccccc4)CC3)C2)cc1. The Morgan fingerprint density at radius 3 is 2.38 bits per heavy atom. The highest BCUT2D eigenvalue weighted by molar-refractivity contribution is 5.80. The van der Waals surface area contributed by atoms with Crippen LogP contribution in [0.3, 0.4) is 0 Å². The molecule has 2 aliphatic heterocycles. The molecule has 1 amide bonds. The van der Waals surface area contributed by atoms with E-state index in [0.29, 0.717) is 18.2 Å². The zero-order chi connectivity index (χ0) is 23.3. The van der Waals surface area contributed by atoms with Crippen LogP contribution in [-0.4, -0.2) is 60.0 Å². The average molecular weight is 458 g/mol. The second kappa shape index (κ2) is 10.1. The van der Waals surface area contributed by atoms with Crippen molar-refractivity contribution in [1.29, 1.82) is 0 Å². The topological polar surface area (TPSA) is 61.8 Å². The molecular weight excluding hydrogens is 426 g/mol. The number of hydrogen-bond donors (Lipinski definition) is 0. The molecule has 1 aromatic heterocycles. The number of ether oxygens (including phenoxy) is 1. The number of para-hydroxylation sites is 1. The fraction of sp³-hybridized carbons (Fsp3) is 0.370. The smallest absolute Gasteiger partial charge is 0.263 e. The molecule has 0 N–H and O–H groups in total. The summed E-state index contributed by atoms with van der Waals surface area (Å²) in [6.45, 7) is 6.78. The predicted octanol–water partition coefficient (Wildman–Crippen LogP) is 4.14. The Balaban J connectivity index is 1.23. The molecule has 3 heterocycles. The fourth-order valence-corrected chi connectivity index (χ4v) is 4.78. The first-order valence-electron chi connectivity index (χ1n) is 12.1. The number of anilines is 2. The van der Waals surface area contributed by atoms with Gasteiger partial charge in [0.15, 0.2) is 5.82 Å². The summed E-state index contributed by atoms with van der Waals surface area (Å²) in [6.07, 6.45) is 5.18. The van der Waals surface area contributed by atoms with Gasteiger partial charge in [-0.25, -0.2) is 9.97 Å². The molecule has 176 valence electrons. The molecular formula is C27H31N5O2. The van der Waals surface area contributed by atoms with Crippen molar-refractivity contribution < 1.29 is 9.53 Å². The van der Waals surface area contributed by atoms with E-state index in [0.717, 1.165) is 51.3 Å². The second-order valence-electron chi connectivity index (χ2n) is 9.03. The molecule has 2 aliphatic rings. The van der Waals surface area contributed by atoms with Gasteiger partial charge in [-0.05, 0) is 44.0 Å². The number of piperazine rings is 1. The van der Waals surface area contributed by atoms with Gasteiger partial charge in [0.1, 0.15) is 5.75 Å². The number of hydrogen-bond acceptors (Lipinski definition) is 6. The van der Waals surface area contributed by atoms with Crippen LogP contribution in [0.25, 0.3) is 0 Å². The van der Waals surface area contributed by atoms with Crippen molar-refractivity contribution in [3.05, 3.63) is 72.6 Å². The lowest BCUT2D eigenvalue weighted by Gasteiger charge is -2.40. The predicted molar refractivity (Wildman–Crippen MR) is 133 cm³/mol.